The van der Waals surface area contributed by atoms with Gasteiger partial charge < -0.3 is 19.4 Å². The van der Waals surface area contributed by atoms with Crippen LogP contribution < -0.4 is 9.64 Å². The molecule has 1 amide bonds. The summed E-state index contributed by atoms with van der Waals surface area (Å²) in [6.07, 6.45) is 10.5. The molecule has 0 atom stereocenters. The molecule has 8 nitrogen and oxygen atoms in total. The summed E-state index contributed by atoms with van der Waals surface area (Å²) in [6, 6.07) is 5.15. The fraction of sp³-hybridized carbons (Fsp3) is 0.750. The Morgan fingerprint density at radius 2 is 1.46 bits per heavy atom. The third-order valence-corrected chi connectivity index (χ3v) is 9.68. The molecule has 2 heterocycles. The Bertz CT molecular complexity index is 940. The lowest BCUT2D eigenvalue weighted by molar-refractivity contribution is -0.131. The molecular formula is C28H48N4O4S. The van der Waals surface area contributed by atoms with E-state index in [0.29, 0.717) is 56.3 Å². The molecule has 0 spiro atoms. The number of ether oxygens (including phenoxy) is 1. The second-order valence-electron chi connectivity index (χ2n) is 10.3. The van der Waals surface area contributed by atoms with E-state index >= 15 is 0 Å². The van der Waals surface area contributed by atoms with Crippen LogP contribution in [0.5, 0.6) is 5.75 Å². The monoisotopic (exact) mass is 536 g/mol. The average Bonchev–Trinajstić information content (AvgIpc) is 2.94. The molecule has 0 aromatic heterocycles. The molecule has 0 saturated carbocycles. The normalized spacial score (nSPS) is 17.8. The predicted octanol–water partition coefficient (Wildman–Crippen LogP) is 4.20. The Morgan fingerprint density at radius 1 is 0.838 bits per heavy atom. The number of likely N-dealkylation sites (N-methyl/N-ethyl adjacent to an activating group) is 1. The number of rotatable bonds is 14. The minimum atomic E-state index is -3.57. The number of hydrogen-bond donors (Lipinski definition) is 0. The molecule has 210 valence electrons. The lowest BCUT2D eigenvalue weighted by Crippen LogP contribution is -2.49. The summed E-state index contributed by atoms with van der Waals surface area (Å²) in [5.74, 6) is 0.897. The second-order valence-corrected chi connectivity index (χ2v) is 12.2. The maximum absolute atomic E-state index is 13.4. The van der Waals surface area contributed by atoms with Gasteiger partial charge in [0.25, 0.3) is 0 Å². The summed E-state index contributed by atoms with van der Waals surface area (Å²) in [6.45, 7) is 10.4. The van der Waals surface area contributed by atoms with Crippen LogP contribution in [-0.4, -0.2) is 94.4 Å². The Labute approximate surface area is 225 Å². The number of anilines is 1. The first kappa shape index (κ1) is 29.7. The zero-order valence-corrected chi connectivity index (χ0v) is 24.1. The fourth-order valence-corrected chi connectivity index (χ4v) is 6.72. The highest BCUT2D eigenvalue weighted by Crippen LogP contribution is 2.33. The van der Waals surface area contributed by atoms with Crippen molar-refractivity contribution < 1.29 is 17.9 Å². The van der Waals surface area contributed by atoms with Crippen LogP contribution in [0.2, 0.25) is 0 Å². The van der Waals surface area contributed by atoms with Gasteiger partial charge in [0.2, 0.25) is 15.9 Å². The first-order valence-electron chi connectivity index (χ1n) is 14.3. The van der Waals surface area contributed by atoms with Gasteiger partial charge in [0.15, 0.2) is 0 Å². The van der Waals surface area contributed by atoms with Crippen LogP contribution in [0, 0.1) is 0 Å². The molecule has 9 heteroatoms. The molecule has 2 fully saturated rings. The van der Waals surface area contributed by atoms with Crippen LogP contribution in [0.25, 0.3) is 0 Å². The number of unbranched alkanes of at least 4 members (excludes halogenated alkanes) is 7. The van der Waals surface area contributed by atoms with E-state index < -0.39 is 10.0 Å². The van der Waals surface area contributed by atoms with Gasteiger partial charge in [0.1, 0.15) is 5.75 Å². The lowest BCUT2D eigenvalue weighted by atomic mass is 10.1. The van der Waals surface area contributed by atoms with E-state index in [9.17, 15) is 13.2 Å². The third-order valence-electron chi connectivity index (χ3n) is 7.78. The minimum Gasteiger partial charge on any atom is -0.495 e. The zero-order valence-electron chi connectivity index (χ0n) is 23.3. The molecule has 37 heavy (non-hydrogen) atoms. The van der Waals surface area contributed by atoms with E-state index in [1.807, 2.05) is 4.90 Å². The quantitative estimate of drug-likeness (QED) is 0.332. The van der Waals surface area contributed by atoms with Crippen molar-refractivity contribution in [3.05, 3.63) is 18.2 Å². The van der Waals surface area contributed by atoms with Gasteiger partial charge in [-0.15, -0.1) is 0 Å². The number of carbonyl (C=O) groups excluding carboxylic acids is 1. The van der Waals surface area contributed by atoms with Crippen molar-refractivity contribution in [2.45, 2.75) is 76.5 Å². The molecule has 0 unspecified atom stereocenters. The number of piperazine rings is 2. The SMILES string of the molecule is CCCCCCCCCCC(=O)N1CCN(c2cc(S(=O)(=O)N3CCN(CC)CC3)ccc2OC)CC1. The van der Waals surface area contributed by atoms with Crippen molar-refractivity contribution in [1.29, 1.82) is 0 Å². The second kappa shape index (κ2) is 14.9. The number of amides is 1. The van der Waals surface area contributed by atoms with Gasteiger partial charge in [-0.25, -0.2) is 8.42 Å². The van der Waals surface area contributed by atoms with Gasteiger partial charge in [-0.05, 0) is 31.2 Å². The summed E-state index contributed by atoms with van der Waals surface area (Å²) in [4.78, 5) is 19.4. The van der Waals surface area contributed by atoms with Gasteiger partial charge in [0.05, 0.1) is 17.7 Å². The summed E-state index contributed by atoms with van der Waals surface area (Å²) >= 11 is 0. The van der Waals surface area contributed by atoms with Gasteiger partial charge in [0, 0.05) is 58.8 Å². The van der Waals surface area contributed by atoms with E-state index in [0.717, 1.165) is 38.2 Å². The summed E-state index contributed by atoms with van der Waals surface area (Å²) in [5, 5.41) is 0. The van der Waals surface area contributed by atoms with Crippen molar-refractivity contribution in [2.75, 3.05) is 70.9 Å². The van der Waals surface area contributed by atoms with E-state index in [1.54, 1.807) is 29.6 Å². The van der Waals surface area contributed by atoms with Crippen molar-refractivity contribution in [3.8, 4) is 5.75 Å². The van der Waals surface area contributed by atoms with E-state index in [-0.39, 0.29) is 5.91 Å². The molecule has 1 aromatic rings. The molecule has 2 aliphatic heterocycles. The molecular weight excluding hydrogens is 488 g/mol. The number of nitrogens with zero attached hydrogens (tertiary/aromatic N) is 4. The van der Waals surface area contributed by atoms with Gasteiger partial charge >= 0.3 is 0 Å². The fourth-order valence-electron chi connectivity index (χ4n) is 5.28. The standard InChI is InChI=1S/C28H48N4O4S/c1-4-6-7-8-9-10-11-12-13-28(33)31-20-18-30(19-21-31)26-24-25(14-15-27(26)36-3)37(34,35)32-22-16-29(5-2)17-23-32/h14-15,24H,4-13,16-23H2,1-3H3. The van der Waals surface area contributed by atoms with Crippen LogP contribution in [0.3, 0.4) is 0 Å². The highest BCUT2D eigenvalue weighted by molar-refractivity contribution is 7.89. The number of sulfonamides is 1. The maximum Gasteiger partial charge on any atom is 0.243 e. The Kier molecular flexibility index (Phi) is 12.0. The van der Waals surface area contributed by atoms with Gasteiger partial charge in [-0.1, -0.05) is 58.8 Å². The van der Waals surface area contributed by atoms with Gasteiger partial charge in [-0.3, -0.25) is 4.79 Å². The largest absolute Gasteiger partial charge is 0.495 e. The van der Waals surface area contributed by atoms with E-state index in [1.165, 1.54) is 38.5 Å². The number of methoxy groups -OCH3 is 1. The molecule has 0 N–H and O–H groups in total. The van der Waals surface area contributed by atoms with Crippen LogP contribution in [0.4, 0.5) is 5.69 Å². The Morgan fingerprint density at radius 3 is 2.05 bits per heavy atom. The molecule has 0 radical (unpaired) electrons. The summed E-state index contributed by atoms with van der Waals surface area (Å²) in [5.41, 5.74) is 0.783. The van der Waals surface area contributed by atoms with Crippen LogP contribution >= 0.6 is 0 Å². The summed E-state index contributed by atoms with van der Waals surface area (Å²) < 4.78 is 33.9. The smallest absolute Gasteiger partial charge is 0.243 e. The number of carbonyl (C=O) groups is 1. The third kappa shape index (κ3) is 8.32. The molecule has 2 aliphatic rings. The molecule has 3 rings (SSSR count). The Balaban J connectivity index is 1.52. The minimum absolute atomic E-state index is 0.236. The zero-order chi connectivity index (χ0) is 26.7. The molecule has 1 aromatic carbocycles. The first-order valence-corrected chi connectivity index (χ1v) is 15.8. The Hall–Kier alpha value is -1.84. The van der Waals surface area contributed by atoms with E-state index in [4.69, 9.17) is 4.74 Å². The van der Waals surface area contributed by atoms with Crippen molar-refractivity contribution in [2.24, 2.45) is 0 Å². The van der Waals surface area contributed by atoms with Crippen molar-refractivity contribution in [1.82, 2.24) is 14.1 Å². The van der Waals surface area contributed by atoms with Crippen LogP contribution in [-0.2, 0) is 14.8 Å². The summed E-state index contributed by atoms with van der Waals surface area (Å²) in [7, 11) is -1.95. The average molecular weight is 537 g/mol. The van der Waals surface area contributed by atoms with Crippen LogP contribution in [0.15, 0.2) is 23.1 Å². The maximum atomic E-state index is 13.4. The van der Waals surface area contributed by atoms with Crippen LogP contribution in [0.1, 0.15) is 71.6 Å². The molecule has 0 aliphatic carbocycles. The molecule has 2 saturated heterocycles. The topological polar surface area (TPSA) is 73.4 Å². The highest BCUT2D eigenvalue weighted by Gasteiger charge is 2.30. The van der Waals surface area contributed by atoms with Crippen molar-refractivity contribution in [3.63, 3.8) is 0 Å². The first-order chi connectivity index (χ1) is 17.9. The predicted molar refractivity (Wildman–Crippen MR) is 150 cm³/mol. The number of benzene rings is 1. The van der Waals surface area contributed by atoms with Gasteiger partial charge in [-0.2, -0.15) is 4.31 Å². The molecule has 0 bridgehead atoms. The van der Waals surface area contributed by atoms with Crippen molar-refractivity contribution >= 4 is 21.6 Å². The highest BCUT2D eigenvalue weighted by atomic mass is 32.2. The van der Waals surface area contributed by atoms with E-state index in [2.05, 4.69) is 23.6 Å². The number of hydrogen-bond acceptors (Lipinski definition) is 6. The lowest BCUT2D eigenvalue weighted by Gasteiger charge is -2.37.